The number of likely N-dealkylation sites (N-methyl/N-ethyl adjacent to an activating group) is 1. The molecule has 0 fully saturated rings. The van der Waals surface area contributed by atoms with E-state index < -0.39 is 0 Å². The van der Waals surface area contributed by atoms with Gasteiger partial charge in [-0.15, -0.1) is 6.58 Å². The van der Waals surface area contributed by atoms with Crippen LogP contribution >= 0.6 is 0 Å². The van der Waals surface area contributed by atoms with Gasteiger partial charge in [-0.1, -0.05) is 36.4 Å². The van der Waals surface area contributed by atoms with E-state index in [-0.39, 0.29) is 6.04 Å². The van der Waals surface area contributed by atoms with Crippen molar-refractivity contribution < 1.29 is 0 Å². The van der Waals surface area contributed by atoms with Crippen LogP contribution in [0.3, 0.4) is 0 Å². The number of rotatable bonds is 5. The number of nitrogens with two attached hydrogens (primary N) is 1. The van der Waals surface area contributed by atoms with Gasteiger partial charge in [0, 0.05) is 25.2 Å². The highest BCUT2D eigenvalue weighted by molar-refractivity contribution is 5.22. The van der Waals surface area contributed by atoms with E-state index in [0.717, 1.165) is 12.1 Å². The highest BCUT2D eigenvalue weighted by Crippen LogP contribution is 2.05. The van der Waals surface area contributed by atoms with Gasteiger partial charge in [0.15, 0.2) is 0 Å². The fourth-order valence-electron chi connectivity index (χ4n) is 1.35. The Kier molecular flexibility index (Phi) is 4.64. The lowest BCUT2D eigenvalue weighted by Crippen LogP contribution is -2.18. The largest absolute Gasteiger partial charge is 0.391 e. The van der Waals surface area contributed by atoms with E-state index in [4.69, 9.17) is 5.73 Å². The fraction of sp³-hybridized carbons (Fsp3) is 0.231. The number of hydrogen-bond acceptors (Lipinski definition) is 2. The third kappa shape index (κ3) is 4.00. The predicted molar refractivity (Wildman–Crippen MR) is 65.5 cm³/mol. The minimum atomic E-state index is -0.0869. The first-order chi connectivity index (χ1) is 7.26. The first-order valence-electron chi connectivity index (χ1n) is 5.06. The van der Waals surface area contributed by atoms with Crippen LogP contribution in [0.2, 0.25) is 0 Å². The third-order valence-electron chi connectivity index (χ3n) is 2.22. The van der Waals surface area contributed by atoms with Crippen molar-refractivity contribution in [2.75, 3.05) is 7.05 Å². The first kappa shape index (κ1) is 11.5. The summed E-state index contributed by atoms with van der Waals surface area (Å²) in [5.74, 6) is 0. The summed E-state index contributed by atoms with van der Waals surface area (Å²) in [6.07, 6.45) is 4.58. The summed E-state index contributed by atoms with van der Waals surface area (Å²) in [7, 11) is 1.91. The van der Waals surface area contributed by atoms with Crippen LogP contribution in [0.1, 0.15) is 5.56 Å². The van der Waals surface area contributed by atoms with Crippen molar-refractivity contribution in [2.24, 2.45) is 5.73 Å². The molecule has 1 atom stereocenters. The Labute approximate surface area is 91.5 Å². The molecule has 0 aliphatic heterocycles. The van der Waals surface area contributed by atoms with Gasteiger partial charge in [-0.25, -0.2) is 0 Å². The molecule has 0 spiro atoms. The van der Waals surface area contributed by atoms with Crippen molar-refractivity contribution in [3.63, 3.8) is 0 Å². The number of nitrogens with one attached hydrogen (secondary N) is 1. The third-order valence-corrected chi connectivity index (χ3v) is 2.22. The van der Waals surface area contributed by atoms with Crippen molar-refractivity contribution in [1.29, 1.82) is 0 Å². The van der Waals surface area contributed by atoms with E-state index in [9.17, 15) is 0 Å². The second-order valence-corrected chi connectivity index (χ2v) is 3.42. The van der Waals surface area contributed by atoms with Crippen molar-refractivity contribution in [1.82, 2.24) is 5.32 Å². The van der Waals surface area contributed by atoms with Crippen molar-refractivity contribution in [3.8, 4) is 0 Å². The molecule has 0 aromatic heterocycles. The molecule has 2 heteroatoms. The van der Waals surface area contributed by atoms with Gasteiger partial charge < -0.3 is 11.1 Å². The van der Waals surface area contributed by atoms with Crippen molar-refractivity contribution >= 4 is 0 Å². The summed E-state index contributed by atoms with van der Waals surface area (Å²) in [4.78, 5) is 0. The smallest absolute Gasteiger partial charge is 0.0427 e. The molecule has 1 aromatic carbocycles. The molecule has 1 rings (SSSR count). The topological polar surface area (TPSA) is 38.0 Å². The maximum Gasteiger partial charge on any atom is 0.0427 e. The van der Waals surface area contributed by atoms with Crippen molar-refractivity contribution in [2.45, 2.75) is 12.5 Å². The van der Waals surface area contributed by atoms with E-state index in [1.165, 1.54) is 5.56 Å². The van der Waals surface area contributed by atoms with Crippen LogP contribution in [0.15, 0.2) is 54.8 Å². The van der Waals surface area contributed by atoms with Crippen molar-refractivity contribution in [3.05, 3.63) is 60.3 Å². The molecular weight excluding hydrogens is 184 g/mol. The van der Waals surface area contributed by atoms with Gasteiger partial charge in [-0.2, -0.15) is 0 Å². The maximum absolute atomic E-state index is 5.77. The zero-order chi connectivity index (χ0) is 11.1. The summed E-state index contributed by atoms with van der Waals surface area (Å²) >= 11 is 0. The zero-order valence-electron chi connectivity index (χ0n) is 9.11. The molecule has 0 radical (unpaired) electrons. The van der Waals surface area contributed by atoms with Gasteiger partial charge in [0.2, 0.25) is 0 Å². The van der Waals surface area contributed by atoms with E-state index >= 15 is 0 Å². The zero-order valence-corrected chi connectivity index (χ0v) is 9.11. The molecule has 0 saturated carbocycles. The van der Waals surface area contributed by atoms with Crippen LogP contribution in [0.4, 0.5) is 0 Å². The Bertz CT molecular complexity index is 328. The number of benzene rings is 1. The molecule has 1 unspecified atom stereocenters. The Balaban J connectivity index is 2.69. The van der Waals surface area contributed by atoms with Crippen LogP contribution in [0.25, 0.3) is 0 Å². The minimum Gasteiger partial charge on any atom is -0.391 e. The van der Waals surface area contributed by atoms with E-state index in [2.05, 4.69) is 24.0 Å². The molecule has 0 saturated heterocycles. The molecule has 15 heavy (non-hydrogen) atoms. The molecule has 0 aliphatic rings. The lowest BCUT2D eigenvalue weighted by Gasteiger charge is -2.09. The first-order valence-corrected chi connectivity index (χ1v) is 5.06. The lowest BCUT2D eigenvalue weighted by molar-refractivity contribution is 0.883. The molecule has 2 nitrogen and oxygen atoms in total. The minimum absolute atomic E-state index is 0.0869. The quantitative estimate of drug-likeness (QED) is 0.715. The Hall–Kier alpha value is -1.54. The molecule has 0 amide bonds. The average molecular weight is 202 g/mol. The van der Waals surface area contributed by atoms with Gasteiger partial charge in [-0.3, -0.25) is 0 Å². The number of allylic oxidation sites excluding steroid dienone is 1. The maximum atomic E-state index is 5.77. The molecule has 1 aromatic rings. The van der Waals surface area contributed by atoms with Crippen LogP contribution < -0.4 is 11.1 Å². The molecule has 3 N–H and O–H groups in total. The Morgan fingerprint density at radius 3 is 2.67 bits per heavy atom. The summed E-state index contributed by atoms with van der Waals surface area (Å²) in [6.45, 7) is 3.66. The van der Waals surface area contributed by atoms with Gasteiger partial charge in [-0.05, 0) is 11.6 Å². The summed E-state index contributed by atoms with van der Waals surface area (Å²) in [5.41, 5.74) is 8.16. The van der Waals surface area contributed by atoms with Crippen LogP contribution in [-0.4, -0.2) is 13.1 Å². The summed E-state index contributed by atoms with van der Waals surface area (Å²) < 4.78 is 0. The van der Waals surface area contributed by atoms with Crippen LogP contribution in [-0.2, 0) is 6.42 Å². The fourth-order valence-corrected chi connectivity index (χ4v) is 1.35. The van der Waals surface area contributed by atoms with Crippen LogP contribution in [0, 0.1) is 0 Å². The average Bonchev–Trinajstić information content (AvgIpc) is 2.29. The molecular formula is C13H18N2. The Morgan fingerprint density at radius 2 is 2.13 bits per heavy atom. The van der Waals surface area contributed by atoms with E-state index in [1.807, 2.05) is 31.3 Å². The summed E-state index contributed by atoms with van der Waals surface area (Å²) in [5, 5.41) is 3.15. The SMILES string of the molecule is C=CC(N)/C=C(/Cc1ccccc1)NC. The highest BCUT2D eigenvalue weighted by Gasteiger charge is 1.98. The monoisotopic (exact) mass is 202 g/mol. The second kappa shape index (κ2) is 6.04. The molecule has 0 aliphatic carbocycles. The van der Waals surface area contributed by atoms with Gasteiger partial charge in [0.1, 0.15) is 0 Å². The summed E-state index contributed by atoms with van der Waals surface area (Å²) in [6, 6.07) is 10.2. The molecule has 0 heterocycles. The number of hydrogen-bond donors (Lipinski definition) is 2. The molecule has 80 valence electrons. The van der Waals surface area contributed by atoms with Gasteiger partial charge >= 0.3 is 0 Å². The second-order valence-electron chi connectivity index (χ2n) is 3.42. The molecule has 0 bridgehead atoms. The standard InChI is InChI=1S/C13H18N2/c1-3-12(14)10-13(15-2)9-11-7-5-4-6-8-11/h3-8,10,12,15H,1,9,14H2,2H3/b13-10-. The van der Waals surface area contributed by atoms with Gasteiger partial charge in [0.25, 0.3) is 0 Å². The lowest BCUT2D eigenvalue weighted by atomic mass is 10.1. The van der Waals surface area contributed by atoms with E-state index in [0.29, 0.717) is 0 Å². The predicted octanol–water partition coefficient (Wildman–Crippen LogP) is 1.85. The van der Waals surface area contributed by atoms with Gasteiger partial charge in [0.05, 0.1) is 0 Å². The normalized spacial score (nSPS) is 13.3. The van der Waals surface area contributed by atoms with Crippen LogP contribution in [0.5, 0.6) is 0 Å². The van der Waals surface area contributed by atoms with E-state index in [1.54, 1.807) is 6.08 Å². The highest BCUT2D eigenvalue weighted by atomic mass is 14.8. The Morgan fingerprint density at radius 1 is 1.47 bits per heavy atom.